The van der Waals surface area contributed by atoms with Crippen molar-refractivity contribution in [2.45, 2.75) is 31.9 Å². The highest BCUT2D eigenvalue weighted by atomic mass is 16.5. The van der Waals surface area contributed by atoms with Crippen molar-refractivity contribution in [3.05, 3.63) is 0 Å². The molecule has 0 aromatic carbocycles. The van der Waals surface area contributed by atoms with Gasteiger partial charge in [0.1, 0.15) is 0 Å². The van der Waals surface area contributed by atoms with Gasteiger partial charge in [0.2, 0.25) is 5.91 Å². The van der Waals surface area contributed by atoms with Gasteiger partial charge >= 0.3 is 0 Å². The van der Waals surface area contributed by atoms with Crippen LogP contribution >= 0.6 is 0 Å². The summed E-state index contributed by atoms with van der Waals surface area (Å²) in [4.78, 5) is 12.2. The molecule has 0 radical (unpaired) electrons. The lowest BCUT2D eigenvalue weighted by Crippen LogP contribution is -2.47. The summed E-state index contributed by atoms with van der Waals surface area (Å²) in [6.07, 6.45) is 2.08. The molecule has 104 valence electrons. The van der Waals surface area contributed by atoms with Crippen molar-refractivity contribution in [2.24, 2.45) is 11.8 Å². The van der Waals surface area contributed by atoms with E-state index in [-0.39, 0.29) is 24.0 Å². The lowest BCUT2D eigenvalue weighted by molar-refractivity contribution is -0.128. The van der Waals surface area contributed by atoms with Gasteiger partial charge in [-0.15, -0.1) is 0 Å². The van der Waals surface area contributed by atoms with Crippen LogP contribution in [0.5, 0.6) is 0 Å². The summed E-state index contributed by atoms with van der Waals surface area (Å²) in [5.74, 6) is 0.666. The largest absolute Gasteiger partial charge is 0.381 e. The molecule has 3 atom stereocenters. The van der Waals surface area contributed by atoms with Crippen molar-refractivity contribution in [3.63, 3.8) is 0 Å². The van der Waals surface area contributed by atoms with Crippen LogP contribution in [0.4, 0.5) is 0 Å². The van der Waals surface area contributed by atoms with Crippen LogP contribution in [0.2, 0.25) is 0 Å². The highest BCUT2D eigenvalue weighted by Gasteiger charge is 2.32. The predicted molar refractivity (Wildman–Crippen MR) is 68.3 cm³/mol. The van der Waals surface area contributed by atoms with Crippen molar-refractivity contribution in [1.29, 1.82) is 0 Å². The normalized spacial score (nSPS) is 31.2. The van der Waals surface area contributed by atoms with Crippen LogP contribution in [-0.4, -0.2) is 51.5 Å². The van der Waals surface area contributed by atoms with Crippen LogP contribution in [0.25, 0.3) is 0 Å². The van der Waals surface area contributed by atoms with E-state index < -0.39 is 0 Å². The van der Waals surface area contributed by atoms with Gasteiger partial charge in [0.05, 0.1) is 12.1 Å². The molecule has 0 unspecified atom stereocenters. The second-order valence-electron chi connectivity index (χ2n) is 5.29. The molecule has 0 saturated carbocycles. The van der Waals surface area contributed by atoms with E-state index in [1.54, 1.807) is 7.11 Å². The molecule has 2 rings (SSSR count). The summed E-state index contributed by atoms with van der Waals surface area (Å²) in [6, 6.07) is 0.102. The Morgan fingerprint density at radius 1 is 1.39 bits per heavy atom. The minimum absolute atomic E-state index is 0.0620. The number of carbonyl (C=O) groups excluding carboxylic acids is 1. The van der Waals surface area contributed by atoms with Gasteiger partial charge < -0.3 is 20.1 Å². The molecule has 2 heterocycles. The third-order valence-corrected chi connectivity index (χ3v) is 4.18. The zero-order valence-electron chi connectivity index (χ0n) is 11.3. The quantitative estimate of drug-likeness (QED) is 0.752. The molecule has 5 nitrogen and oxygen atoms in total. The molecule has 0 aliphatic carbocycles. The highest BCUT2D eigenvalue weighted by molar-refractivity contribution is 5.79. The van der Waals surface area contributed by atoms with Gasteiger partial charge in [-0.1, -0.05) is 6.92 Å². The Labute approximate surface area is 109 Å². The van der Waals surface area contributed by atoms with Crippen molar-refractivity contribution >= 4 is 5.91 Å². The van der Waals surface area contributed by atoms with Crippen molar-refractivity contribution in [1.82, 2.24) is 10.6 Å². The monoisotopic (exact) mass is 256 g/mol. The Hall–Kier alpha value is -0.650. The maximum Gasteiger partial charge on any atom is 0.223 e. The summed E-state index contributed by atoms with van der Waals surface area (Å²) in [5, 5.41) is 6.35. The third-order valence-electron chi connectivity index (χ3n) is 4.18. The van der Waals surface area contributed by atoms with Gasteiger partial charge in [-0.2, -0.15) is 0 Å². The molecule has 2 fully saturated rings. The fourth-order valence-electron chi connectivity index (χ4n) is 2.79. The summed E-state index contributed by atoms with van der Waals surface area (Å²) in [5.41, 5.74) is 0. The number of carbonyl (C=O) groups is 1. The third kappa shape index (κ3) is 3.22. The number of amides is 1. The van der Waals surface area contributed by atoms with Crippen molar-refractivity contribution in [3.8, 4) is 0 Å². The molecule has 2 N–H and O–H groups in total. The molecule has 1 amide bonds. The second kappa shape index (κ2) is 6.50. The van der Waals surface area contributed by atoms with Crippen molar-refractivity contribution in [2.75, 3.05) is 33.4 Å². The van der Waals surface area contributed by atoms with Crippen LogP contribution < -0.4 is 10.6 Å². The molecule has 2 saturated heterocycles. The number of methoxy groups -OCH3 is 1. The molecule has 2 aliphatic heterocycles. The summed E-state index contributed by atoms with van der Waals surface area (Å²) in [7, 11) is 1.69. The number of ether oxygens (including phenoxy) is 2. The topological polar surface area (TPSA) is 59.6 Å². The molecule has 0 spiro atoms. The Morgan fingerprint density at radius 2 is 2.11 bits per heavy atom. The van der Waals surface area contributed by atoms with E-state index in [0.29, 0.717) is 5.92 Å². The second-order valence-corrected chi connectivity index (χ2v) is 5.29. The number of hydrogen-bond donors (Lipinski definition) is 2. The summed E-state index contributed by atoms with van der Waals surface area (Å²) < 4.78 is 10.7. The molecule has 0 bridgehead atoms. The fourth-order valence-corrected chi connectivity index (χ4v) is 2.79. The first-order valence-electron chi connectivity index (χ1n) is 6.84. The standard InChI is InChI=1S/C13H24N2O3/c1-9(10-3-5-18-6-4-10)13(16)15-11-7-14-8-12(11)17-2/h9-12,14H,3-8H2,1-2H3,(H,15,16)/t9-,11+,12-/m0/s1. The smallest absolute Gasteiger partial charge is 0.223 e. The maximum absolute atomic E-state index is 12.2. The Balaban J connectivity index is 1.82. The molecular weight excluding hydrogens is 232 g/mol. The first-order chi connectivity index (χ1) is 8.72. The Kier molecular flexibility index (Phi) is 4.97. The lowest BCUT2D eigenvalue weighted by atomic mass is 9.86. The van der Waals surface area contributed by atoms with Gasteiger partial charge in [0.25, 0.3) is 0 Å². The van der Waals surface area contributed by atoms with E-state index in [9.17, 15) is 4.79 Å². The minimum Gasteiger partial charge on any atom is -0.381 e. The van der Waals surface area contributed by atoms with Crippen molar-refractivity contribution < 1.29 is 14.3 Å². The molecule has 2 aliphatic rings. The minimum atomic E-state index is 0.0620. The number of nitrogens with one attached hydrogen (secondary N) is 2. The SMILES string of the molecule is CO[C@H]1CNC[C@H]1NC(=O)[C@@H](C)C1CCOCC1. The molecule has 0 aromatic heterocycles. The fraction of sp³-hybridized carbons (Fsp3) is 0.923. The van der Waals surface area contributed by atoms with E-state index in [2.05, 4.69) is 10.6 Å². The van der Waals surface area contributed by atoms with Crippen LogP contribution in [0.3, 0.4) is 0 Å². The zero-order valence-corrected chi connectivity index (χ0v) is 11.3. The van der Waals surface area contributed by atoms with Gasteiger partial charge in [0, 0.05) is 39.3 Å². The van der Waals surface area contributed by atoms with Crippen LogP contribution in [0.1, 0.15) is 19.8 Å². The number of hydrogen-bond acceptors (Lipinski definition) is 4. The van der Waals surface area contributed by atoms with E-state index in [0.717, 1.165) is 39.1 Å². The van der Waals surface area contributed by atoms with E-state index in [1.165, 1.54) is 0 Å². The number of rotatable bonds is 4. The Morgan fingerprint density at radius 3 is 2.78 bits per heavy atom. The lowest BCUT2D eigenvalue weighted by Gasteiger charge is -2.28. The predicted octanol–water partition coefficient (Wildman–Crippen LogP) is 0.152. The molecular formula is C13H24N2O3. The average Bonchev–Trinajstić information content (AvgIpc) is 2.86. The van der Waals surface area contributed by atoms with Gasteiger partial charge in [0.15, 0.2) is 0 Å². The van der Waals surface area contributed by atoms with E-state index >= 15 is 0 Å². The zero-order chi connectivity index (χ0) is 13.0. The maximum atomic E-state index is 12.2. The van der Waals surface area contributed by atoms with Crippen LogP contribution in [-0.2, 0) is 14.3 Å². The Bertz CT molecular complexity index is 279. The first kappa shape index (κ1) is 13.8. The van der Waals surface area contributed by atoms with Gasteiger partial charge in [-0.25, -0.2) is 0 Å². The summed E-state index contributed by atoms with van der Waals surface area (Å²) in [6.45, 7) is 5.20. The van der Waals surface area contributed by atoms with Crippen LogP contribution in [0.15, 0.2) is 0 Å². The van der Waals surface area contributed by atoms with Crippen LogP contribution in [0, 0.1) is 11.8 Å². The van der Waals surface area contributed by atoms with Gasteiger partial charge in [-0.3, -0.25) is 4.79 Å². The van der Waals surface area contributed by atoms with E-state index in [1.807, 2.05) is 6.92 Å². The average molecular weight is 256 g/mol. The molecule has 0 aromatic rings. The first-order valence-corrected chi connectivity index (χ1v) is 6.84. The molecule has 18 heavy (non-hydrogen) atoms. The van der Waals surface area contributed by atoms with E-state index in [4.69, 9.17) is 9.47 Å². The molecule has 5 heteroatoms. The highest BCUT2D eigenvalue weighted by Crippen LogP contribution is 2.23. The summed E-state index contributed by atoms with van der Waals surface area (Å²) >= 11 is 0. The van der Waals surface area contributed by atoms with Gasteiger partial charge in [-0.05, 0) is 18.8 Å².